The average molecular weight is 470 g/mol. The van der Waals surface area contributed by atoms with Crippen molar-refractivity contribution >= 4 is 27.5 Å². The fourth-order valence-electron chi connectivity index (χ4n) is 4.54. The van der Waals surface area contributed by atoms with E-state index < -0.39 is 16.1 Å². The monoisotopic (exact) mass is 469 g/mol. The van der Waals surface area contributed by atoms with Gasteiger partial charge in [0.15, 0.2) is 0 Å². The van der Waals surface area contributed by atoms with Crippen molar-refractivity contribution in [2.75, 3.05) is 18.0 Å². The summed E-state index contributed by atoms with van der Waals surface area (Å²) < 4.78 is 27.8. The number of benzene rings is 2. The summed E-state index contributed by atoms with van der Waals surface area (Å²) in [6.45, 7) is 5.20. The molecule has 0 bridgehead atoms. The topological polar surface area (TPSA) is 86.8 Å². The van der Waals surface area contributed by atoms with Crippen molar-refractivity contribution in [2.45, 2.75) is 63.4 Å². The van der Waals surface area contributed by atoms with Gasteiger partial charge in [0.1, 0.15) is 6.04 Å². The van der Waals surface area contributed by atoms with Crippen molar-refractivity contribution in [3.05, 3.63) is 59.2 Å². The second-order valence-electron chi connectivity index (χ2n) is 8.80. The molecule has 2 aliphatic rings. The molecule has 2 aromatic carbocycles. The molecule has 0 saturated carbocycles. The second kappa shape index (κ2) is 9.65. The van der Waals surface area contributed by atoms with Crippen molar-refractivity contribution in [1.29, 1.82) is 0 Å². The number of nitrogens with one attached hydrogen (secondary N) is 1. The van der Waals surface area contributed by atoms with Crippen molar-refractivity contribution in [1.82, 2.24) is 9.62 Å². The molecular weight excluding hydrogens is 438 g/mol. The van der Waals surface area contributed by atoms with Crippen molar-refractivity contribution in [3.63, 3.8) is 0 Å². The first-order valence-corrected chi connectivity index (χ1v) is 13.0. The average Bonchev–Trinajstić information content (AvgIpc) is 3.22. The molecule has 7 nitrogen and oxygen atoms in total. The zero-order valence-electron chi connectivity index (χ0n) is 19.2. The van der Waals surface area contributed by atoms with Crippen LogP contribution in [0.25, 0.3) is 0 Å². The predicted octanol–water partition coefficient (Wildman–Crippen LogP) is 3.15. The van der Waals surface area contributed by atoms with Crippen LogP contribution in [-0.4, -0.2) is 43.7 Å². The first kappa shape index (κ1) is 23.4. The molecule has 4 rings (SSSR count). The highest BCUT2D eigenvalue weighted by Crippen LogP contribution is 2.35. The summed E-state index contributed by atoms with van der Waals surface area (Å²) in [4.78, 5) is 27.6. The maximum absolute atomic E-state index is 13.1. The van der Waals surface area contributed by atoms with Crippen LogP contribution >= 0.6 is 0 Å². The predicted molar refractivity (Wildman–Crippen MR) is 127 cm³/mol. The third kappa shape index (κ3) is 4.82. The lowest BCUT2D eigenvalue weighted by molar-refractivity contribution is -0.126. The molecule has 1 atom stereocenters. The minimum atomic E-state index is -3.59. The van der Waals surface area contributed by atoms with Gasteiger partial charge in [-0.3, -0.25) is 14.5 Å². The molecule has 2 aromatic rings. The van der Waals surface area contributed by atoms with E-state index in [2.05, 4.69) is 5.32 Å². The molecule has 0 aliphatic carbocycles. The van der Waals surface area contributed by atoms with E-state index in [-0.39, 0.29) is 23.1 Å². The molecule has 0 radical (unpaired) electrons. The Hall–Kier alpha value is -2.71. The van der Waals surface area contributed by atoms with E-state index in [1.807, 2.05) is 31.2 Å². The number of fused-ring (bicyclic) bond motifs is 1. The SMILES string of the molecule is CCC(=O)N1c2ccc(S(=O)(=O)N3CCCCC3)cc2C[C@H]1C(=O)NCc1ccc(C)cc1. The lowest BCUT2D eigenvalue weighted by Gasteiger charge is -2.26. The van der Waals surface area contributed by atoms with Crippen molar-refractivity contribution in [2.24, 2.45) is 0 Å². The molecular formula is C25H31N3O4S. The second-order valence-corrected chi connectivity index (χ2v) is 10.7. The van der Waals surface area contributed by atoms with E-state index in [4.69, 9.17) is 0 Å². The van der Waals surface area contributed by atoms with Crippen LogP contribution in [0.15, 0.2) is 47.4 Å². The van der Waals surface area contributed by atoms with Gasteiger partial charge in [0.05, 0.1) is 4.90 Å². The Morgan fingerprint density at radius 2 is 1.73 bits per heavy atom. The number of sulfonamides is 1. The maximum atomic E-state index is 13.1. The Balaban J connectivity index is 1.56. The highest BCUT2D eigenvalue weighted by atomic mass is 32.2. The van der Waals surface area contributed by atoms with Crippen LogP contribution in [0.3, 0.4) is 0 Å². The quantitative estimate of drug-likeness (QED) is 0.704. The number of carbonyl (C=O) groups excluding carboxylic acids is 2. The molecule has 1 N–H and O–H groups in total. The Morgan fingerprint density at radius 3 is 2.39 bits per heavy atom. The van der Waals surface area contributed by atoms with E-state index in [1.54, 1.807) is 25.1 Å². The van der Waals surface area contributed by atoms with Gasteiger partial charge in [-0.2, -0.15) is 4.31 Å². The van der Waals surface area contributed by atoms with Gasteiger partial charge in [-0.1, -0.05) is 43.2 Å². The minimum Gasteiger partial charge on any atom is -0.350 e. The minimum absolute atomic E-state index is 0.157. The number of hydrogen-bond acceptors (Lipinski definition) is 4. The van der Waals surface area contributed by atoms with E-state index in [1.165, 1.54) is 9.21 Å². The first-order valence-electron chi connectivity index (χ1n) is 11.6. The highest BCUT2D eigenvalue weighted by Gasteiger charge is 2.38. The summed E-state index contributed by atoms with van der Waals surface area (Å²) in [5.41, 5.74) is 3.46. The van der Waals surface area contributed by atoms with Gasteiger partial charge in [0.2, 0.25) is 21.8 Å². The number of anilines is 1. The largest absolute Gasteiger partial charge is 0.350 e. The Kier molecular flexibility index (Phi) is 6.86. The number of aryl methyl sites for hydroxylation is 1. The molecule has 2 aliphatic heterocycles. The summed E-state index contributed by atoms with van der Waals surface area (Å²) >= 11 is 0. The molecule has 176 valence electrons. The van der Waals surface area contributed by atoms with Crippen LogP contribution in [0.1, 0.15) is 49.3 Å². The van der Waals surface area contributed by atoms with Gasteiger partial charge in [0, 0.05) is 38.2 Å². The molecule has 2 amide bonds. The zero-order chi connectivity index (χ0) is 23.6. The Labute approximate surface area is 195 Å². The normalized spacial score (nSPS) is 18.7. The van der Waals surface area contributed by atoms with Crippen LogP contribution in [0, 0.1) is 6.92 Å². The third-order valence-electron chi connectivity index (χ3n) is 6.45. The summed E-state index contributed by atoms with van der Waals surface area (Å²) in [5, 5.41) is 2.94. The smallest absolute Gasteiger partial charge is 0.243 e. The van der Waals surface area contributed by atoms with E-state index in [9.17, 15) is 18.0 Å². The van der Waals surface area contributed by atoms with Crippen LogP contribution in [-0.2, 0) is 32.6 Å². The Morgan fingerprint density at radius 1 is 1.03 bits per heavy atom. The number of piperidine rings is 1. The number of carbonyl (C=O) groups is 2. The van der Waals surface area contributed by atoms with Crippen LogP contribution in [0.2, 0.25) is 0 Å². The lowest BCUT2D eigenvalue weighted by atomic mass is 10.1. The molecule has 33 heavy (non-hydrogen) atoms. The van der Waals surface area contributed by atoms with Gasteiger partial charge in [-0.05, 0) is 49.1 Å². The van der Waals surface area contributed by atoms with E-state index in [0.717, 1.165) is 30.4 Å². The van der Waals surface area contributed by atoms with Crippen LogP contribution in [0.4, 0.5) is 5.69 Å². The van der Waals surface area contributed by atoms with Gasteiger partial charge in [-0.25, -0.2) is 8.42 Å². The molecule has 0 aromatic heterocycles. The van der Waals surface area contributed by atoms with Crippen molar-refractivity contribution in [3.8, 4) is 0 Å². The molecule has 1 saturated heterocycles. The summed E-state index contributed by atoms with van der Waals surface area (Å²) in [7, 11) is -3.59. The summed E-state index contributed by atoms with van der Waals surface area (Å²) in [6, 6.07) is 12.1. The number of nitrogens with zero attached hydrogens (tertiary/aromatic N) is 2. The first-order chi connectivity index (χ1) is 15.8. The molecule has 0 unspecified atom stereocenters. The number of hydrogen-bond donors (Lipinski definition) is 1. The number of rotatable bonds is 6. The van der Waals surface area contributed by atoms with E-state index >= 15 is 0 Å². The van der Waals surface area contributed by atoms with Gasteiger partial charge in [-0.15, -0.1) is 0 Å². The maximum Gasteiger partial charge on any atom is 0.243 e. The highest BCUT2D eigenvalue weighted by molar-refractivity contribution is 7.89. The van der Waals surface area contributed by atoms with Crippen molar-refractivity contribution < 1.29 is 18.0 Å². The third-order valence-corrected chi connectivity index (χ3v) is 8.34. The van der Waals surface area contributed by atoms with Crippen LogP contribution in [0.5, 0.6) is 0 Å². The summed E-state index contributed by atoms with van der Waals surface area (Å²) in [5.74, 6) is -0.398. The fraction of sp³-hybridized carbons (Fsp3) is 0.440. The zero-order valence-corrected chi connectivity index (χ0v) is 20.0. The van der Waals surface area contributed by atoms with Gasteiger partial charge >= 0.3 is 0 Å². The molecule has 2 heterocycles. The standard InChI is InChI=1S/C25H31N3O4S/c1-3-24(29)28-22-12-11-21(33(31,32)27-13-5-4-6-14-27)15-20(22)16-23(28)25(30)26-17-19-9-7-18(2)8-10-19/h7-12,15,23H,3-6,13-14,16-17H2,1-2H3,(H,26,30)/t23-/m0/s1. The van der Waals surface area contributed by atoms with E-state index in [0.29, 0.717) is 37.3 Å². The lowest BCUT2D eigenvalue weighted by Crippen LogP contribution is -2.47. The van der Waals surface area contributed by atoms with Crippen LogP contribution < -0.4 is 10.2 Å². The van der Waals surface area contributed by atoms with Gasteiger partial charge in [0.25, 0.3) is 0 Å². The fourth-order valence-corrected chi connectivity index (χ4v) is 6.11. The Bertz CT molecular complexity index is 1140. The molecule has 8 heteroatoms. The van der Waals surface area contributed by atoms with Gasteiger partial charge < -0.3 is 5.32 Å². The summed E-state index contributed by atoms with van der Waals surface area (Å²) in [6.07, 6.45) is 3.33. The molecule has 1 fully saturated rings. The number of amides is 2. The molecule has 0 spiro atoms.